The highest BCUT2D eigenvalue weighted by molar-refractivity contribution is 14.0. The number of methoxy groups -OCH3 is 1. The predicted octanol–water partition coefficient (Wildman–Crippen LogP) is 3.21. The van der Waals surface area contributed by atoms with Crippen LogP contribution in [0.2, 0.25) is 0 Å². The second kappa shape index (κ2) is 11.9. The molecule has 0 amide bonds. The molecule has 7 heteroatoms. The number of guanidine groups is 1. The third kappa shape index (κ3) is 6.34. The lowest BCUT2D eigenvalue weighted by atomic mass is 10.1. The van der Waals surface area contributed by atoms with Gasteiger partial charge in [0, 0.05) is 19.8 Å². The molecule has 1 atom stereocenters. The van der Waals surface area contributed by atoms with Crippen molar-refractivity contribution >= 4 is 29.9 Å². The molecule has 1 aliphatic heterocycles. The zero-order valence-corrected chi connectivity index (χ0v) is 18.9. The van der Waals surface area contributed by atoms with Crippen molar-refractivity contribution in [3.8, 4) is 5.75 Å². The summed E-state index contributed by atoms with van der Waals surface area (Å²) in [6.07, 6.45) is 4.32. The first kappa shape index (κ1) is 22.4. The number of ether oxygens (including phenoxy) is 1. The number of rotatable bonds is 7. The molecule has 0 spiro atoms. The molecule has 152 valence electrons. The summed E-state index contributed by atoms with van der Waals surface area (Å²) in [5.74, 6) is 1.68. The van der Waals surface area contributed by atoms with Gasteiger partial charge < -0.3 is 15.4 Å². The van der Waals surface area contributed by atoms with Crippen LogP contribution in [0.15, 0.2) is 53.7 Å². The van der Waals surface area contributed by atoms with Crippen LogP contribution in [-0.2, 0) is 6.54 Å². The second-order valence-electron chi connectivity index (χ2n) is 6.66. The third-order valence-corrected chi connectivity index (χ3v) is 4.91. The molecule has 2 heterocycles. The average Bonchev–Trinajstić information content (AvgIpc) is 3.26. The monoisotopic (exact) mass is 495 g/mol. The van der Waals surface area contributed by atoms with Crippen LogP contribution in [0.3, 0.4) is 0 Å². The lowest BCUT2D eigenvalue weighted by Crippen LogP contribution is -2.42. The fraction of sp³-hybridized carbons (Fsp3) is 0.429. The molecule has 28 heavy (non-hydrogen) atoms. The topological polar surface area (TPSA) is 61.8 Å². The van der Waals surface area contributed by atoms with Crippen molar-refractivity contribution in [3.63, 3.8) is 0 Å². The maximum atomic E-state index is 5.42. The summed E-state index contributed by atoms with van der Waals surface area (Å²) >= 11 is 0. The first-order valence-corrected chi connectivity index (χ1v) is 9.52. The van der Waals surface area contributed by atoms with Gasteiger partial charge in [-0.05, 0) is 55.8 Å². The van der Waals surface area contributed by atoms with Gasteiger partial charge in [0.15, 0.2) is 5.96 Å². The van der Waals surface area contributed by atoms with Gasteiger partial charge in [0.1, 0.15) is 5.75 Å². The molecule has 0 aliphatic carbocycles. The van der Waals surface area contributed by atoms with Crippen molar-refractivity contribution in [2.75, 3.05) is 33.8 Å². The Morgan fingerprint density at radius 1 is 1.18 bits per heavy atom. The van der Waals surface area contributed by atoms with E-state index in [0.29, 0.717) is 6.54 Å². The minimum absolute atomic E-state index is 0. The Morgan fingerprint density at radius 3 is 2.68 bits per heavy atom. The number of hydrogen-bond acceptors (Lipinski definition) is 4. The normalized spacial score (nSPS) is 15.6. The minimum Gasteiger partial charge on any atom is -0.497 e. The molecule has 2 aromatic rings. The highest BCUT2D eigenvalue weighted by Crippen LogP contribution is 2.27. The molecule has 1 unspecified atom stereocenters. The SMILES string of the molecule is CN=C(NCc1ccccn1)NCC(c1cccc(OC)c1)N1CCCC1.I. The van der Waals surface area contributed by atoms with Gasteiger partial charge in [-0.1, -0.05) is 18.2 Å². The highest BCUT2D eigenvalue weighted by Gasteiger charge is 2.24. The van der Waals surface area contributed by atoms with Crippen LogP contribution < -0.4 is 15.4 Å². The Kier molecular flexibility index (Phi) is 9.49. The first-order chi connectivity index (χ1) is 13.3. The van der Waals surface area contributed by atoms with Crippen LogP contribution in [0.4, 0.5) is 0 Å². The zero-order chi connectivity index (χ0) is 18.9. The molecule has 0 radical (unpaired) electrons. The molecule has 1 aromatic carbocycles. The predicted molar refractivity (Wildman–Crippen MR) is 124 cm³/mol. The Labute approximate surface area is 184 Å². The van der Waals surface area contributed by atoms with Crippen molar-refractivity contribution in [3.05, 3.63) is 59.9 Å². The van der Waals surface area contributed by atoms with Crippen molar-refractivity contribution in [2.24, 2.45) is 4.99 Å². The standard InChI is InChI=1S/C21H29N5O.HI/c1-22-21(24-15-18-9-3-4-11-23-18)25-16-20(26-12-5-6-13-26)17-8-7-10-19(14-17)27-2;/h3-4,7-11,14,20H,5-6,12-13,15-16H2,1-2H3,(H2,22,24,25);1H. The van der Waals surface area contributed by atoms with Crippen molar-refractivity contribution in [1.29, 1.82) is 0 Å². The van der Waals surface area contributed by atoms with E-state index in [1.807, 2.05) is 24.3 Å². The van der Waals surface area contributed by atoms with E-state index in [9.17, 15) is 0 Å². The van der Waals surface area contributed by atoms with Crippen LogP contribution >= 0.6 is 24.0 Å². The molecule has 1 aliphatic rings. The van der Waals surface area contributed by atoms with Gasteiger partial charge in [-0.25, -0.2) is 0 Å². The van der Waals surface area contributed by atoms with Crippen LogP contribution in [0, 0.1) is 0 Å². The number of nitrogens with one attached hydrogen (secondary N) is 2. The Hall–Kier alpha value is -1.87. The lowest BCUT2D eigenvalue weighted by Gasteiger charge is -2.29. The smallest absolute Gasteiger partial charge is 0.191 e. The minimum atomic E-state index is 0. The fourth-order valence-electron chi connectivity index (χ4n) is 3.45. The van der Waals surface area contributed by atoms with Crippen LogP contribution in [0.1, 0.15) is 30.1 Å². The van der Waals surface area contributed by atoms with Gasteiger partial charge in [0.2, 0.25) is 0 Å². The first-order valence-electron chi connectivity index (χ1n) is 9.52. The lowest BCUT2D eigenvalue weighted by molar-refractivity contribution is 0.245. The van der Waals surface area contributed by atoms with Crippen LogP contribution in [0.5, 0.6) is 5.75 Å². The summed E-state index contributed by atoms with van der Waals surface area (Å²) in [5.41, 5.74) is 2.26. The molecule has 0 bridgehead atoms. The molecule has 3 rings (SSSR count). The number of nitrogens with zero attached hydrogens (tertiary/aromatic N) is 3. The summed E-state index contributed by atoms with van der Waals surface area (Å²) in [6.45, 7) is 3.69. The summed E-state index contributed by atoms with van der Waals surface area (Å²) in [4.78, 5) is 11.2. The number of pyridine rings is 1. The summed E-state index contributed by atoms with van der Waals surface area (Å²) < 4.78 is 5.42. The molecule has 1 aromatic heterocycles. The summed E-state index contributed by atoms with van der Waals surface area (Å²) in [6, 6.07) is 14.6. The van der Waals surface area contributed by atoms with Crippen molar-refractivity contribution in [2.45, 2.75) is 25.4 Å². The fourth-order valence-corrected chi connectivity index (χ4v) is 3.45. The number of benzene rings is 1. The van der Waals surface area contributed by atoms with Gasteiger partial charge in [-0.3, -0.25) is 14.9 Å². The Balaban J connectivity index is 0.00000280. The van der Waals surface area contributed by atoms with E-state index in [4.69, 9.17) is 4.74 Å². The van der Waals surface area contributed by atoms with Gasteiger partial charge in [-0.15, -0.1) is 24.0 Å². The molecular weight excluding hydrogens is 465 g/mol. The second-order valence-corrected chi connectivity index (χ2v) is 6.66. The van der Waals surface area contributed by atoms with Gasteiger partial charge in [-0.2, -0.15) is 0 Å². The van der Waals surface area contributed by atoms with Crippen molar-refractivity contribution in [1.82, 2.24) is 20.5 Å². The maximum absolute atomic E-state index is 5.42. The van der Waals surface area contributed by atoms with Crippen LogP contribution in [-0.4, -0.2) is 49.6 Å². The van der Waals surface area contributed by atoms with E-state index in [-0.39, 0.29) is 30.0 Å². The Morgan fingerprint density at radius 2 is 2.00 bits per heavy atom. The molecule has 1 saturated heterocycles. The van der Waals surface area contributed by atoms with E-state index in [1.54, 1.807) is 20.4 Å². The number of likely N-dealkylation sites (tertiary alicyclic amines) is 1. The molecule has 2 N–H and O–H groups in total. The molecule has 6 nitrogen and oxygen atoms in total. The molecule has 1 fully saturated rings. The summed E-state index contributed by atoms with van der Waals surface area (Å²) in [5, 5.41) is 6.82. The number of halogens is 1. The Bertz CT molecular complexity index is 735. The molecule has 0 saturated carbocycles. The van der Waals surface area contributed by atoms with E-state index >= 15 is 0 Å². The van der Waals surface area contributed by atoms with Gasteiger partial charge >= 0.3 is 0 Å². The number of hydrogen-bond donors (Lipinski definition) is 2. The van der Waals surface area contributed by atoms with E-state index < -0.39 is 0 Å². The van der Waals surface area contributed by atoms with Gasteiger partial charge in [0.05, 0.1) is 25.4 Å². The van der Waals surface area contributed by atoms with Crippen molar-refractivity contribution < 1.29 is 4.74 Å². The average molecular weight is 495 g/mol. The number of aliphatic imine (C=N–C) groups is 1. The number of aromatic nitrogens is 1. The zero-order valence-electron chi connectivity index (χ0n) is 16.6. The third-order valence-electron chi connectivity index (χ3n) is 4.91. The van der Waals surface area contributed by atoms with E-state index in [0.717, 1.165) is 37.0 Å². The highest BCUT2D eigenvalue weighted by atomic mass is 127. The quantitative estimate of drug-likeness (QED) is 0.351. The molecular formula is C21H30IN5O. The summed E-state index contributed by atoms with van der Waals surface area (Å²) in [7, 11) is 3.51. The van der Waals surface area contributed by atoms with Gasteiger partial charge in [0.25, 0.3) is 0 Å². The van der Waals surface area contributed by atoms with E-state index in [2.05, 4.69) is 43.7 Å². The largest absolute Gasteiger partial charge is 0.497 e. The maximum Gasteiger partial charge on any atom is 0.191 e. The van der Waals surface area contributed by atoms with Crippen LogP contribution in [0.25, 0.3) is 0 Å². The van der Waals surface area contributed by atoms with E-state index in [1.165, 1.54) is 18.4 Å².